The van der Waals surface area contributed by atoms with Crippen molar-refractivity contribution in [3.05, 3.63) is 34.1 Å². The van der Waals surface area contributed by atoms with Crippen LogP contribution in [0.15, 0.2) is 18.2 Å². The van der Waals surface area contributed by atoms with E-state index < -0.39 is 10.7 Å². The van der Waals surface area contributed by atoms with Crippen LogP contribution in [-0.2, 0) is 4.79 Å². The van der Waals surface area contributed by atoms with E-state index in [0.29, 0.717) is 0 Å². The minimum Gasteiger partial charge on any atom is -0.322 e. The number of carbonyl (C=O) groups is 1. The first kappa shape index (κ1) is 14.4. The summed E-state index contributed by atoms with van der Waals surface area (Å²) < 4.78 is 13.6. The predicted octanol–water partition coefficient (Wildman–Crippen LogP) is 0.578. The van der Waals surface area contributed by atoms with Crippen LogP contribution >= 0.6 is 0 Å². The van der Waals surface area contributed by atoms with Crippen LogP contribution in [0.4, 0.5) is 15.8 Å². The molecule has 7 nitrogen and oxygen atoms in total. The molecule has 0 atom stereocenters. The van der Waals surface area contributed by atoms with Crippen molar-refractivity contribution in [3.8, 4) is 0 Å². The third-order valence-electron chi connectivity index (χ3n) is 3.01. The van der Waals surface area contributed by atoms with Crippen LogP contribution in [0.5, 0.6) is 0 Å². The second-order valence-corrected chi connectivity index (χ2v) is 4.50. The fourth-order valence-electron chi connectivity index (χ4n) is 1.98. The van der Waals surface area contributed by atoms with Gasteiger partial charge in [0.25, 0.3) is 5.69 Å². The van der Waals surface area contributed by atoms with Crippen LogP contribution in [0.2, 0.25) is 0 Å². The zero-order chi connectivity index (χ0) is 14.5. The standard InChI is InChI=1S/C12H15FN4O3/c13-10-7-9(17(19)20)1-2-11(10)15-12(18)8-16-5-3-14-4-6-16/h1-2,7,14H,3-6,8H2,(H,15,18). The number of halogens is 1. The van der Waals surface area contributed by atoms with E-state index in [4.69, 9.17) is 0 Å². The maximum atomic E-state index is 13.6. The third kappa shape index (κ3) is 3.72. The molecular formula is C12H15FN4O3. The molecule has 0 spiro atoms. The number of rotatable bonds is 4. The summed E-state index contributed by atoms with van der Waals surface area (Å²) in [5, 5.41) is 16.1. The summed E-state index contributed by atoms with van der Waals surface area (Å²) in [6, 6.07) is 3.15. The fourth-order valence-corrected chi connectivity index (χ4v) is 1.98. The second kappa shape index (κ2) is 6.40. The lowest BCUT2D eigenvalue weighted by molar-refractivity contribution is -0.385. The maximum absolute atomic E-state index is 13.6. The van der Waals surface area contributed by atoms with Crippen molar-refractivity contribution in [1.82, 2.24) is 10.2 Å². The first-order chi connectivity index (χ1) is 9.56. The van der Waals surface area contributed by atoms with Crippen LogP contribution in [0.25, 0.3) is 0 Å². The summed E-state index contributed by atoms with van der Waals surface area (Å²) in [5.74, 6) is -1.15. The van der Waals surface area contributed by atoms with Gasteiger partial charge in [-0.1, -0.05) is 0 Å². The number of carbonyl (C=O) groups excluding carboxylic acids is 1. The van der Waals surface area contributed by atoms with Gasteiger partial charge in [-0.3, -0.25) is 19.8 Å². The van der Waals surface area contributed by atoms with Gasteiger partial charge in [0.05, 0.1) is 23.2 Å². The van der Waals surface area contributed by atoms with Gasteiger partial charge in [-0.05, 0) is 6.07 Å². The fraction of sp³-hybridized carbons (Fsp3) is 0.417. The first-order valence-electron chi connectivity index (χ1n) is 6.23. The predicted molar refractivity (Wildman–Crippen MR) is 71.0 cm³/mol. The highest BCUT2D eigenvalue weighted by molar-refractivity contribution is 5.92. The molecule has 1 aliphatic heterocycles. The van der Waals surface area contributed by atoms with Gasteiger partial charge >= 0.3 is 0 Å². The molecule has 0 bridgehead atoms. The van der Waals surface area contributed by atoms with Gasteiger partial charge in [-0.25, -0.2) is 4.39 Å². The topological polar surface area (TPSA) is 87.5 Å². The summed E-state index contributed by atoms with van der Waals surface area (Å²) in [7, 11) is 0. The zero-order valence-corrected chi connectivity index (χ0v) is 10.8. The Morgan fingerprint density at radius 2 is 2.15 bits per heavy atom. The Hall–Kier alpha value is -2.06. The molecule has 0 saturated carbocycles. The van der Waals surface area contributed by atoms with Crippen molar-refractivity contribution in [1.29, 1.82) is 0 Å². The number of anilines is 1. The molecule has 0 unspecified atom stereocenters. The highest BCUT2D eigenvalue weighted by Crippen LogP contribution is 2.20. The molecule has 0 aromatic heterocycles. The second-order valence-electron chi connectivity index (χ2n) is 4.50. The highest BCUT2D eigenvalue weighted by atomic mass is 19.1. The van der Waals surface area contributed by atoms with Crippen molar-refractivity contribution in [2.75, 3.05) is 38.0 Å². The van der Waals surface area contributed by atoms with Crippen LogP contribution in [0.3, 0.4) is 0 Å². The molecule has 20 heavy (non-hydrogen) atoms. The van der Waals surface area contributed by atoms with Gasteiger partial charge in [0.2, 0.25) is 5.91 Å². The molecule has 1 saturated heterocycles. The van der Waals surface area contributed by atoms with Crippen molar-refractivity contribution < 1.29 is 14.1 Å². The van der Waals surface area contributed by atoms with Crippen molar-refractivity contribution in [2.45, 2.75) is 0 Å². The smallest absolute Gasteiger partial charge is 0.272 e. The zero-order valence-electron chi connectivity index (χ0n) is 10.8. The molecule has 1 amide bonds. The number of amides is 1. The maximum Gasteiger partial charge on any atom is 0.272 e. The first-order valence-corrected chi connectivity index (χ1v) is 6.23. The van der Waals surface area contributed by atoms with Crippen LogP contribution in [0.1, 0.15) is 0 Å². The normalized spacial score (nSPS) is 15.8. The molecule has 2 rings (SSSR count). The molecule has 1 aliphatic rings. The van der Waals surface area contributed by atoms with Gasteiger partial charge < -0.3 is 10.6 Å². The molecule has 0 radical (unpaired) electrons. The van der Waals surface area contributed by atoms with Crippen LogP contribution in [-0.4, -0.2) is 48.5 Å². The van der Waals surface area contributed by atoms with E-state index >= 15 is 0 Å². The van der Waals surface area contributed by atoms with Crippen molar-refractivity contribution >= 4 is 17.3 Å². The summed E-state index contributed by atoms with van der Waals surface area (Å²) in [6.45, 7) is 3.34. The van der Waals surface area contributed by atoms with Crippen LogP contribution < -0.4 is 10.6 Å². The molecule has 0 aliphatic carbocycles. The Morgan fingerprint density at radius 3 is 2.75 bits per heavy atom. The van der Waals surface area contributed by atoms with Gasteiger partial charge in [0, 0.05) is 32.2 Å². The minimum absolute atomic E-state index is 0.0456. The van der Waals surface area contributed by atoms with E-state index in [1.807, 2.05) is 4.90 Å². The summed E-state index contributed by atoms with van der Waals surface area (Å²) in [4.78, 5) is 23.5. The molecule has 2 N–H and O–H groups in total. The molecule has 1 aromatic carbocycles. The summed E-state index contributed by atoms with van der Waals surface area (Å²) in [5.41, 5.74) is -0.390. The van der Waals surface area contributed by atoms with Crippen molar-refractivity contribution in [2.24, 2.45) is 0 Å². The third-order valence-corrected chi connectivity index (χ3v) is 3.01. The van der Waals surface area contributed by atoms with E-state index in [1.165, 1.54) is 6.07 Å². The van der Waals surface area contributed by atoms with E-state index in [-0.39, 0.29) is 23.8 Å². The van der Waals surface area contributed by atoms with Crippen molar-refractivity contribution in [3.63, 3.8) is 0 Å². The molecule has 1 aromatic rings. The minimum atomic E-state index is -0.812. The Kier molecular flexibility index (Phi) is 4.59. The lowest BCUT2D eigenvalue weighted by Gasteiger charge is -2.26. The van der Waals surface area contributed by atoms with E-state index in [1.54, 1.807) is 0 Å². The summed E-state index contributed by atoms with van der Waals surface area (Å²) in [6.07, 6.45) is 0. The van der Waals surface area contributed by atoms with E-state index in [9.17, 15) is 19.3 Å². The van der Waals surface area contributed by atoms with E-state index in [2.05, 4.69) is 10.6 Å². The molecule has 1 heterocycles. The Bertz CT molecular complexity index is 517. The number of hydrogen-bond acceptors (Lipinski definition) is 5. The number of non-ortho nitro benzene ring substituents is 1. The summed E-state index contributed by atoms with van der Waals surface area (Å²) >= 11 is 0. The highest BCUT2D eigenvalue weighted by Gasteiger charge is 2.16. The molecule has 1 fully saturated rings. The largest absolute Gasteiger partial charge is 0.322 e. The molecule has 8 heteroatoms. The van der Waals surface area contributed by atoms with Gasteiger partial charge in [-0.2, -0.15) is 0 Å². The Labute approximate surface area is 114 Å². The average Bonchev–Trinajstić information content (AvgIpc) is 2.42. The Balaban J connectivity index is 1.95. The molecule has 108 valence electrons. The van der Waals surface area contributed by atoms with E-state index in [0.717, 1.165) is 38.3 Å². The average molecular weight is 282 g/mol. The van der Waals surface area contributed by atoms with Gasteiger partial charge in [0.1, 0.15) is 0 Å². The quantitative estimate of drug-likeness (QED) is 0.623. The lowest BCUT2D eigenvalue weighted by Crippen LogP contribution is -2.46. The number of nitrogens with one attached hydrogen (secondary N) is 2. The number of piperazine rings is 1. The SMILES string of the molecule is O=C(CN1CCNCC1)Nc1ccc([N+](=O)[O-])cc1F. The molecular weight excluding hydrogens is 267 g/mol. The number of nitro groups is 1. The number of hydrogen-bond donors (Lipinski definition) is 2. The number of nitrogens with zero attached hydrogens (tertiary/aromatic N) is 2. The van der Waals surface area contributed by atoms with Crippen LogP contribution in [0, 0.1) is 15.9 Å². The monoisotopic (exact) mass is 282 g/mol. The number of nitro benzene ring substituents is 1. The van der Waals surface area contributed by atoms with Gasteiger partial charge in [0.15, 0.2) is 5.82 Å². The Morgan fingerprint density at radius 1 is 1.45 bits per heavy atom. The number of benzene rings is 1. The van der Waals surface area contributed by atoms with Gasteiger partial charge in [-0.15, -0.1) is 0 Å². The lowest BCUT2D eigenvalue weighted by atomic mass is 10.2.